The molecule has 9 aromatic heterocycles. The van der Waals surface area contributed by atoms with Crippen LogP contribution in [0.2, 0.25) is 0 Å². The topological polar surface area (TPSA) is 374 Å². The highest BCUT2D eigenvalue weighted by atomic mass is 16.5. The number of allylic oxidation sites excluding steroid dienone is 6. The van der Waals surface area contributed by atoms with E-state index in [1.807, 2.05) is 108 Å². The number of ether oxygens (including phenoxy) is 4. The first-order chi connectivity index (χ1) is 66.4. The number of nitrogens with two attached hydrogens (primary N) is 1. The van der Waals surface area contributed by atoms with E-state index in [4.69, 9.17) is 39.6 Å². The first kappa shape index (κ1) is 85.6. The molecule has 0 unspecified atom stereocenters. The quantitative estimate of drug-likeness (QED) is 0.0874. The second-order valence-corrected chi connectivity index (χ2v) is 35.9. The average molecular weight is 1830 g/mol. The van der Waals surface area contributed by atoms with Gasteiger partial charge in [0.2, 0.25) is 23.8 Å². The third-order valence-corrected chi connectivity index (χ3v) is 27.3. The molecule has 136 heavy (non-hydrogen) atoms. The Bertz CT molecular complexity index is 7630. The number of carbonyl (C=O) groups excluding carboxylic acids is 5. The zero-order chi connectivity index (χ0) is 92.6. The van der Waals surface area contributed by atoms with Gasteiger partial charge in [-0.1, -0.05) is 36.5 Å². The summed E-state index contributed by atoms with van der Waals surface area (Å²) in [7, 11) is 1.42. The molecule has 3 fully saturated rings. The number of aryl methyl sites for hydroxylation is 1. The number of carbonyl (C=O) groups is 5. The molecule has 17 heterocycles. The summed E-state index contributed by atoms with van der Waals surface area (Å²) in [6.07, 6.45) is 34.4. The van der Waals surface area contributed by atoms with E-state index in [1.54, 1.807) is 73.2 Å². The van der Waals surface area contributed by atoms with Crippen LogP contribution in [0.5, 0.6) is 17.2 Å². The largest absolute Gasteiger partial charge is 0.482 e. The predicted octanol–water partition coefficient (Wildman–Crippen LogP) is 13.5. The van der Waals surface area contributed by atoms with Gasteiger partial charge in [-0.05, 0) is 211 Å². The van der Waals surface area contributed by atoms with Crippen LogP contribution in [0.4, 0.5) is 56.8 Å². The van der Waals surface area contributed by atoms with Crippen molar-refractivity contribution in [1.29, 1.82) is 0 Å². The molecule has 8 aliphatic heterocycles. The molecule has 0 atom stereocenters. The lowest BCUT2D eigenvalue weighted by molar-refractivity contribution is -0.130. The molecule has 0 radical (unpaired) electrons. The van der Waals surface area contributed by atoms with Crippen LogP contribution in [0.15, 0.2) is 215 Å². The summed E-state index contributed by atoms with van der Waals surface area (Å²) in [6.45, 7) is 8.34. The smallest absolute Gasteiger partial charge is 0.409 e. The number of hydrogen-bond acceptors (Lipinski definition) is 22. The average Bonchev–Trinajstić information content (AvgIpc) is 1.57. The van der Waals surface area contributed by atoms with Crippen LogP contribution in [0.1, 0.15) is 102 Å². The summed E-state index contributed by atoms with van der Waals surface area (Å²) in [6, 6.07) is 42.3. The first-order valence-corrected chi connectivity index (χ1v) is 46.5. The Balaban J connectivity index is 0.000000118. The van der Waals surface area contributed by atoms with Gasteiger partial charge >= 0.3 is 6.09 Å². The Morgan fingerprint density at radius 2 is 0.809 bits per heavy atom. The van der Waals surface area contributed by atoms with E-state index in [9.17, 15) is 38.4 Å². The number of nitrogens with zero attached hydrogens (tertiary/aromatic N) is 20. The number of aromatic nitrogens is 15. The maximum Gasteiger partial charge on any atom is 0.409 e. The number of piperidine rings is 2. The number of methoxy groups -OCH3 is 1. The summed E-state index contributed by atoms with van der Waals surface area (Å²) in [5.74, 6) is 2.92. The highest BCUT2D eigenvalue weighted by Crippen LogP contribution is 2.42. The van der Waals surface area contributed by atoms with Crippen LogP contribution in [0.25, 0.3) is 82.9 Å². The van der Waals surface area contributed by atoms with Crippen molar-refractivity contribution in [3.05, 3.63) is 232 Å². The number of anilines is 9. The van der Waals surface area contributed by atoms with E-state index in [-0.39, 0.29) is 71.8 Å². The lowest BCUT2D eigenvalue weighted by atomic mass is 10.0. The normalized spacial score (nSPS) is 17.1. The molecule has 15 aromatic rings. The third-order valence-electron chi connectivity index (χ3n) is 27.3. The molecular formula is C100H100N24O12. The number of hydrogen-bond donors (Lipinski definition) is 4. The van der Waals surface area contributed by atoms with E-state index in [0.717, 1.165) is 153 Å². The molecule has 6 aromatic carbocycles. The molecule has 6 bridgehead atoms. The Morgan fingerprint density at radius 1 is 0.441 bits per heavy atom. The van der Waals surface area contributed by atoms with E-state index >= 15 is 0 Å². The van der Waals surface area contributed by atoms with Crippen LogP contribution in [0, 0.1) is 0 Å². The molecule has 1 saturated carbocycles. The fourth-order valence-corrected chi connectivity index (χ4v) is 19.9. The zero-order valence-electron chi connectivity index (χ0n) is 75.2. The first-order valence-electron chi connectivity index (χ1n) is 46.5. The van der Waals surface area contributed by atoms with Crippen LogP contribution in [0.3, 0.4) is 0 Å². The third kappa shape index (κ3) is 16.3. The number of benzene rings is 6. The molecule has 5 N–H and O–H groups in total. The Hall–Kier alpha value is -15.9. The van der Waals surface area contributed by atoms with E-state index in [1.165, 1.54) is 7.11 Å². The minimum atomic E-state index is -0.275. The van der Waals surface area contributed by atoms with Crippen LogP contribution >= 0.6 is 0 Å². The minimum Gasteiger partial charge on any atom is -0.482 e. The Labute approximate surface area is 777 Å². The number of amides is 5. The summed E-state index contributed by atoms with van der Waals surface area (Å²) in [5, 5.41) is 14.5. The Morgan fingerprint density at radius 3 is 1.18 bits per heavy atom. The molecule has 24 rings (SSSR count). The van der Waals surface area contributed by atoms with Gasteiger partial charge in [-0.3, -0.25) is 33.6 Å². The van der Waals surface area contributed by atoms with Crippen molar-refractivity contribution < 1.29 is 42.9 Å². The van der Waals surface area contributed by atoms with Gasteiger partial charge < -0.3 is 78.8 Å². The van der Waals surface area contributed by atoms with Crippen LogP contribution in [-0.2, 0) is 50.1 Å². The fraction of sp³-hybridized carbons (Fsp3) is 0.320. The van der Waals surface area contributed by atoms with Gasteiger partial charge in [0.05, 0.1) is 60.9 Å². The molecule has 2 saturated heterocycles. The summed E-state index contributed by atoms with van der Waals surface area (Å²) in [4.78, 5) is 140. The van der Waals surface area contributed by atoms with E-state index in [0.29, 0.717) is 167 Å². The fourth-order valence-electron chi connectivity index (χ4n) is 19.9. The van der Waals surface area contributed by atoms with Gasteiger partial charge in [-0.15, -0.1) is 0 Å². The lowest BCUT2D eigenvalue weighted by Crippen LogP contribution is -2.39. The van der Waals surface area contributed by atoms with E-state index in [2.05, 4.69) is 124 Å². The summed E-state index contributed by atoms with van der Waals surface area (Å²) >= 11 is 0. The number of fused-ring (bicyclic) bond motifs is 18. The van der Waals surface area contributed by atoms with Crippen molar-refractivity contribution in [2.75, 3.05) is 103 Å². The van der Waals surface area contributed by atoms with Crippen molar-refractivity contribution in [2.24, 2.45) is 5.73 Å². The standard InChI is InChI=1S/C34H34N8O5.C34H34N8O4.C32H32N8O3/c1-46-34(45)38-15-11-24(12-16-38)39-17-10-22-18-23(6-8-27(22)39)36-33-35-20-26-31(37-33)42-25-7-9-29-28(19-25)40(30(43)21-47-29)13-4-2-3-5-14-41(42)32(26)44;1-22(43)38-15-11-25(12-16-38)39-17-10-23-18-24(6-8-28(23)39)36-34-35-20-27-32(37-34)42-26-7-9-30-29(19-26)40(31(44)21-46-30)13-4-2-3-5-14-41(42)33(27)45;33-32(10-11-32)12-16-37-15-9-21-17-22(5-7-25(21)37)35-31-34-19-24-29(36-31)40-23-6-8-27-26(18-23)38(28(41)20-43-27)13-3-1-2-4-14-39(40)30(24)42/h3,5-10,17-20,24H,2,4,11-16,21H2,1H3,(H,35,36,37);3,5-10,17-20,25H,2,4,11-16,21H2,1H3,(H,35,36,37);2,4-9,15,17-19H,1,3,10-14,16,20,33H2,(H,34,35,36). The molecular weight excluding hydrogens is 1730 g/mol. The Kier molecular flexibility index (Phi) is 22.4. The van der Waals surface area contributed by atoms with Crippen LogP contribution < -0.4 is 67.3 Å². The second kappa shape index (κ2) is 35.6. The van der Waals surface area contributed by atoms with Gasteiger partial charge in [0.15, 0.2) is 36.8 Å². The monoisotopic (exact) mass is 1830 g/mol. The highest BCUT2D eigenvalue weighted by molar-refractivity contribution is 6.01. The SMILES string of the molecule is CC(=O)N1CCC(n2ccc3cc(Nc4ncc5c(=O)n6n(c5n4)-c4ccc5c(c4)N(CCCC=CC6)C(=O)CO5)ccc32)CC1.COC(=O)N1CCC(n2ccc3cc(Nc4ncc5c(=O)n6n(c5n4)-c4ccc5c(c4)N(CCCC=CC6)C(=O)CO5)ccc32)CC1.NC1(CCn2ccc3cc(Nc4ncc5c(=O)n6n(c5n4)-c4ccc5c(c4)N(CCCC=CC6)C(=O)CO5)ccc32)CC1. The van der Waals surface area contributed by atoms with Gasteiger partial charge in [0.25, 0.3) is 34.4 Å². The number of nitrogens with one attached hydrogen (secondary N) is 3. The summed E-state index contributed by atoms with van der Waals surface area (Å²) in [5.41, 5.74) is 17.2. The minimum absolute atomic E-state index is 0.00842. The maximum atomic E-state index is 13.6. The van der Waals surface area contributed by atoms with Crippen molar-refractivity contribution in [1.82, 2.24) is 81.5 Å². The van der Waals surface area contributed by atoms with Crippen molar-refractivity contribution in [2.45, 2.75) is 134 Å². The van der Waals surface area contributed by atoms with Gasteiger partial charge in [0, 0.05) is 164 Å². The van der Waals surface area contributed by atoms with E-state index < -0.39 is 0 Å². The molecule has 36 nitrogen and oxygen atoms in total. The van der Waals surface area contributed by atoms with Gasteiger partial charge in [0.1, 0.15) is 33.4 Å². The van der Waals surface area contributed by atoms with Gasteiger partial charge in [-0.25, -0.2) is 47.8 Å². The van der Waals surface area contributed by atoms with Crippen LogP contribution in [-0.4, -0.2) is 190 Å². The number of likely N-dealkylation sites (tertiary alicyclic amines) is 2. The maximum absolute atomic E-state index is 13.6. The lowest BCUT2D eigenvalue weighted by Gasteiger charge is -2.32. The molecule has 0 spiro atoms. The van der Waals surface area contributed by atoms with Gasteiger partial charge in [-0.2, -0.15) is 15.0 Å². The highest BCUT2D eigenvalue weighted by Gasteiger charge is 2.38. The molecule has 692 valence electrons. The molecule has 1 aliphatic carbocycles. The predicted molar refractivity (Wildman–Crippen MR) is 517 cm³/mol. The van der Waals surface area contributed by atoms with Crippen molar-refractivity contribution >= 4 is 148 Å². The number of rotatable bonds is 11. The summed E-state index contributed by atoms with van der Waals surface area (Å²) < 4.78 is 39.3. The zero-order valence-corrected chi connectivity index (χ0v) is 75.2. The second-order valence-electron chi connectivity index (χ2n) is 35.9. The molecule has 36 heteroatoms. The van der Waals surface area contributed by atoms with Crippen molar-refractivity contribution in [3.8, 4) is 34.3 Å². The molecule has 5 amide bonds. The molecule has 9 aliphatic rings. The van der Waals surface area contributed by atoms with Crippen molar-refractivity contribution in [3.63, 3.8) is 0 Å².